The summed E-state index contributed by atoms with van der Waals surface area (Å²) < 4.78 is 13.5. The van der Waals surface area contributed by atoms with E-state index in [0.29, 0.717) is 10.5 Å². The van der Waals surface area contributed by atoms with E-state index in [1.54, 1.807) is 13.0 Å². The minimum absolute atomic E-state index is 0.192. The highest BCUT2D eigenvalue weighted by atomic mass is 32.2. The van der Waals surface area contributed by atoms with Crippen LogP contribution in [0, 0.1) is 5.82 Å². The highest BCUT2D eigenvalue weighted by Crippen LogP contribution is 2.30. The predicted octanol–water partition coefficient (Wildman–Crippen LogP) is 1.32. The van der Waals surface area contributed by atoms with Gasteiger partial charge in [0.15, 0.2) is 0 Å². The molecule has 0 aliphatic carbocycles. The number of hydrogen-bond donors (Lipinski definition) is 3. The molecule has 5 heteroatoms. The summed E-state index contributed by atoms with van der Waals surface area (Å²) >= 11 is 1.09. The van der Waals surface area contributed by atoms with E-state index in [1.807, 2.05) is 0 Å². The third-order valence-electron chi connectivity index (χ3n) is 2.08. The number of aliphatic hydroxyl groups is 3. The van der Waals surface area contributed by atoms with Crippen LogP contribution in [0.25, 0.3) is 0 Å². The Labute approximate surface area is 97.9 Å². The molecule has 0 amide bonds. The van der Waals surface area contributed by atoms with Crippen LogP contribution in [0.5, 0.6) is 0 Å². The highest BCUT2D eigenvalue weighted by molar-refractivity contribution is 7.99. The van der Waals surface area contributed by atoms with Crippen molar-refractivity contribution in [2.45, 2.75) is 24.0 Å². The van der Waals surface area contributed by atoms with Crippen LogP contribution >= 0.6 is 11.8 Å². The first-order valence-electron chi connectivity index (χ1n) is 4.94. The third-order valence-corrected chi connectivity index (χ3v) is 3.35. The molecule has 0 saturated heterocycles. The molecule has 0 aliphatic rings. The average Bonchev–Trinajstić information content (AvgIpc) is 2.26. The zero-order valence-electron chi connectivity index (χ0n) is 8.93. The fourth-order valence-electron chi connectivity index (χ4n) is 1.24. The van der Waals surface area contributed by atoms with Crippen molar-refractivity contribution < 1.29 is 19.7 Å². The first-order chi connectivity index (χ1) is 7.56. The molecule has 0 aromatic heterocycles. The van der Waals surface area contributed by atoms with Crippen molar-refractivity contribution in [2.75, 3.05) is 12.4 Å². The maximum Gasteiger partial charge on any atom is 0.137 e. The van der Waals surface area contributed by atoms with Gasteiger partial charge in [-0.05, 0) is 18.6 Å². The van der Waals surface area contributed by atoms with Crippen molar-refractivity contribution in [3.05, 3.63) is 29.6 Å². The molecule has 1 rings (SSSR count). The summed E-state index contributed by atoms with van der Waals surface area (Å²) in [6.45, 7) is 1.20. The van der Waals surface area contributed by atoms with E-state index in [9.17, 15) is 14.6 Å². The summed E-state index contributed by atoms with van der Waals surface area (Å²) in [6.07, 6.45) is -1.64. The molecule has 0 fully saturated rings. The number of halogens is 1. The number of aliphatic hydroxyl groups excluding tert-OH is 3. The van der Waals surface area contributed by atoms with Crippen molar-refractivity contribution in [3.63, 3.8) is 0 Å². The van der Waals surface area contributed by atoms with Gasteiger partial charge < -0.3 is 15.3 Å². The van der Waals surface area contributed by atoms with E-state index in [-0.39, 0.29) is 12.4 Å². The quantitative estimate of drug-likeness (QED) is 0.686. The first-order valence-corrected chi connectivity index (χ1v) is 5.93. The molecule has 3 nitrogen and oxygen atoms in total. The average molecular weight is 246 g/mol. The molecule has 1 aromatic rings. The fourth-order valence-corrected chi connectivity index (χ4v) is 2.31. The van der Waals surface area contributed by atoms with Gasteiger partial charge in [-0.1, -0.05) is 12.1 Å². The van der Waals surface area contributed by atoms with Crippen molar-refractivity contribution in [1.82, 2.24) is 0 Å². The summed E-state index contributed by atoms with van der Waals surface area (Å²) in [5.41, 5.74) is 0.495. The van der Waals surface area contributed by atoms with E-state index in [4.69, 9.17) is 5.11 Å². The summed E-state index contributed by atoms with van der Waals surface area (Å²) in [4.78, 5) is 0.324. The molecule has 0 aliphatic heterocycles. The lowest BCUT2D eigenvalue weighted by atomic mass is 10.1. The van der Waals surface area contributed by atoms with Crippen molar-refractivity contribution in [3.8, 4) is 0 Å². The molecule has 0 bridgehead atoms. The van der Waals surface area contributed by atoms with Gasteiger partial charge in [0.2, 0.25) is 0 Å². The second-order valence-corrected chi connectivity index (χ2v) is 4.51. The van der Waals surface area contributed by atoms with Gasteiger partial charge in [-0.2, -0.15) is 0 Å². The highest BCUT2D eigenvalue weighted by Gasteiger charge is 2.14. The molecular weight excluding hydrogens is 231 g/mol. The van der Waals surface area contributed by atoms with E-state index < -0.39 is 18.0 Å². The molecule has 3 N–H and O–H groups in total. The van der Waals surface area contributed by atoms with Gasteiger partial charge in [0, 0.05) is 10.6 Å². The Morgan fingerprint density at radius 3 is 2.62 bits per heavy atom. The second-order valence-electron chi connectivity index (χ2n) is 3.48. The van der Waals surface area contributed by atoms with Gasteiger partial charge in [0.25, 0.3) is 0 Å². The Balaban J connectivity index is 2.84. The number of rotatable bonds is 5. The summed E-state index contributed by atoms with van der Waals surface area (Å²) in [5.74, 6) is -0.231. The van der Waals surface area contributed by atoms with Crippen LogP contribution in [-0.2, 0) is 0 Å². The molecule has 90 valence electrons. The first kappa shape index (κ1) is 13.4. The molecule has 0 saturated carbocycles. The molecule has 2 atom stereocenters. The zero-order valence-corrected chi connectivity index (χ0v) is 9.75. The van der Waals surface area contributed by atoms with Gasteiger partial charge in [0.1, 0.15) is 5.82 Å². The van der Waals surface area contributed by atoms with E-state index >= 15 is 0 Å². The standard InChI is InChI=1S/C11H15FO3S/c1-7(14)9-3-2-4-10(12)11(9)16-6-8(15)5-13/h2-4,7-8,13-15H,5-6H2,1H3. The smallest absolute Gasteiger partial charge is 0.137 e. The van der Waals surface area contributed by atoms with E-state index in [1.165, 1.54) is 12.1 Å². The van der Waals surface area contributed by atoms with Crippen LogP contribution < -0.4 is 0 Å². The molecule has 0 spiro atoms. The number of thioether (sulfide) groups is 1. The minimum Gasteiger partial charge on any atom is -0.394 e. The molecule has 16 heavy (non-hydrogen) atoms. The van der Waals surface area contributed by atoms with Crippen LogP contribution in [0.1, 0.15) is 18.6 Å². The van der Waals surface area contributed by atoms with Gasteiger partial charge in [0.05, 0.1) is 18.8 Å². The normalized spacial score (nSPS) is 14.8. The van der Waals surface area contributed by atoms with Crippen LogP contribution in [0.4, 0.5) is 4.39 Å². The van der Waals surface area contributed by atoms with E-state index in [0.717, 1.165) is 11.8 Å². The Hall–Kier alpha value is -0.620. The van der Waals surface area contributed by atoms with Crippen molar-refractivity contribution >= 4 is 11.8 Å². The van der Waals surface area contributed by atoms with Gasteiger partial charge in [-0.3, -0.25) is 0 Å². The fraction of sp³-hybridized carbons (Fsp3) is 0.455. The zero-order chi connectivity index (χ0) is 12.1. The Morgan fingerprint density at radius 1 is 1.38 bits per heavy atom. The number of hydrogen-bond acceptors (Lipinski definition) is 4. The van der Waals surface area contributed by atoms with Crippen LogP contribution in [0.2, 0.25) is 0 Å². The summed E-state index contributed by atoms with van der Waals surface area (Å²) in [7, 11) is 0. The second kappa shape index (κ2) is 6.20. The third kappa shape index (κ3) is 3.45. The molecule has 0 heterocycles. The molecule has 1 aromatic carbocycles. The van der Waals surface area contributed by atoms with Crippen LogP contribution in [0.3, 0.4) is 0 Å². The maximum atomic E-state index is 13.5. The topological polar surface area (TPSA) is 60.7 Å². The Bertz CT molecular complexity index is 344. The van der Waals surface area contributed by atoms with Gasteiger partial charge in [-0.15, -0.1) is 11.8 Å². The summed E-state index contributed by atoms with van der Waals surface area (Å²) in [6, 6.07) is 4.48. The van der Waals surface area contributed by atoms with Gasteiger partial charge >= 0.3 is 0 Å². The van der Waals surface area contributed by atoms with E-state index in [2.05, 4.69) is 0 Å². The van der Waals surface area contributed by atoms with Crippen LogP contribution in [-0.4, -0.2) is 33.8 Å². The van der Waals surface area contributed by atoms with Crippen LogP contribution in [0.15, 0.2) is 23.1 Å². The Morgan fingerprint density at radius 2 is 2.06 bits per heavy atom. The SMILES string of the molecule is CC(O)c1cccc(F)c1SCC(O)CO. The minimum atomic E-state index is -0.883. The lowest BCUT2D eigenvalue weighted by molar-refractivity contribution is 0.113. The van der Waals surface area contributed by atoms with Crippen molar-refractivity contribution in [1.29, 1.82) is 0 Å². The Kier molecular flexibility index (Phi) is 5.21. The molecule has 0 radical (unpaired) electrons. The lowest BCUT2D eigenvalue weighted by Crippen LogP contribution is -2.15. The molecular formula is C11H15FO3S. The molecule has 2 unspecified atom stereocenters. The summed E-state index contributed by atoms with van der Waals surface area (Å²) in [5, 5.41) is 27.3. The van der Waals surface area contributed by atoms with Crippen molar-refractivity contribution in [2.24, 2.45) is 0 Å². The lowest BCUT2D eigenvalue weighted by Gasteiger charge is -2.13. The monoisotopic (exact) mass is 246 g/mol. The largest absolute Gasteiger partial charge is 0.394 e. The maximum absolute atomic E-state index is 13.5. The predicted molar refractivity (Wildman–Crippen MR) is 60.9 cm³/mol. The van der Waals surface area contributed by atoms with Gasteiger partial charge in [-0.25, -0.2) is 4.39 Å². The number of benzene rings is 1.